The highest BCUT2D eigenvalue weighted by Gasteiger charge is 2.51. The van der Waals surface area contributed by atoms with Gasteiger partial charge in [0.1, 0.15) is 0 Å². The Morgan fingerprint density at radius 2 is 1.93 bits per heavy atom. The second-order valence-electron chi connectivity index (χ2n) is 6.88. The molecule has 3 aromatic carbocycles. The topological polar surface area (TPSA) is 69.2 Å². The number of rotatable bonds is 2. The number of nitrogens with one attached hydrogen (secondary N) is 1. The van der Waals surface area contributed by atoms with E-state index in [9.17, 15) is 9.90 Å². The van der Waals surface area contributed by atoms with Crippen LogP contribution in [0.5, 0.6) is 0 Å². The highest BCUT2D eigenvalue weighted by Crippen LogP contribution is 2.46. The van der Waals surface area contributed by atoms with Gasteiger partial charge in [0.25, 0.3) is 5.91 Å². The van der Waals surface area contributed by atoms with Gasteiger partial charge in [-0.1, -0.05) is 41.9 Å². The number of H-pyrrole nitrogens is 1. The quantitative estimate of drug-likeness (QED) is 0.534. The van der Waals surface area contributed by atoms with Crippen LogP contribution < -0.4 is 4.90 Å². The molecule has 1 aliphatic rings. The summed E-state index contributed by atoms with van der Waals surface area (Å²) in [5.41, 5.74) is 2.78. The predicted molar refractivity (Wildman–Crippen MR) is 109 cm³/mol. The number of halogens is 1. The zero-order chi connectivity index (χ0) is 19.5. The zero-order valence-corrected chi connectivity index (χ0v) is 15.7. The minimum absolute atomic E-state index is 0.270. The molecule has 0 saturated heterocycles. The average Bonchev–Trinajstić information content (AvgIpc) is 3.26. The molecule has 1 unspecified atom stereocenters. The number of nitrogens with zero attached hydrogens (tertiary/aromatic N) is 2. The molecule has 0 aliphatic carbocycles. The minimum atomic E-state index is -1.66. The summed E-state index contributed by atoms with van der Waals surface area (Å²) in [6.45, 7) is 1.84. The lowest BCUT2D eigenvalue weighted by atomic mass is 9.93. The van der Waals surface area contributed by atoms with E-state index in [2.05, 4.69) is 9.97 Å². The normalized spacial score (nSPS) is 18.7. The third-order valence-corrected chi connectivity index (χ3v) is 5.77. The van der Waals surface area contributed by atoms with Crippen LogP contribution in [-0.2, 0) is 5.72 Å². The van der Waals surface area contributed by atoms with Crippen molar-refractivity contribution in [1.29, 1.82) is 0 Å². The van der Waals surface area contributed by atoms with Gasteiger partial charge in [0.15, 0.2) is 5.72 Å². The van der Waals surface area contributed by atoms with Crippen LogP contribution in [0.4, 0.5) is 5.69 Å². The molecule has 0 spiro atoms. The van der Waals surface area contributed by atoms with Gasteiger partial charge in [-0.3, -0.25) is 9.69 Å². The summed E-state index contributed by atoms with van der Waals surface area (Å²) in [6, 6.07) is 17.9. The Kier molecular flexibility index (Phi) is 3.59. The molecule has 5 rings (SSSR count). The second-order valence-corrected chi connectivity index (χ2v) is 7.28. The van der Waals surface area contributed by atoms with Gasteiger partial charge in [0.05, 0.1) is 23.0 Å². The lowest BCUT2D eigenvalue weighted by Gasteiger charge is -2.35. The van der Waals surface area contributed by atoms with Crippen LogP contribution in [-0.4, -0.2) is 21.0 Å². The Morgan fingerprint density at radius 1 is 1.11 bits per heavy atom. The third-order valence-electron chi connectivity index (χ3n) is 5.36. The Bertz CT molecular complexity index is 1250. The van der Waals surface area contributed by atoms with E-state index >= 15 is 0 Å². The van der Waals surface area contributed by atoms with Crippen LogP contribution in [0.15, 0.2) is 67.0 Å². The summed E-state index contributed by atoms with van der Waals surface area (Å²) in [4.78, 5) is 22.1. The van der Waals surface area contributed by atoms with E-state index < -0.39 is 5.72 Å². The second kappa shape index (κ2) is 5.92. The van der Waals surface area contributed by atoms with Crippen molar-refractivity contribution in [1.82, 2.24) is 9.97 Å². The molecule has 2 heterocycles. The Morgan fingerprint density at radius 3 is 2.79 bits per heavy atom. The number of fused-ring (bicyclic) bond motifs is 2. The first-order valence-electron chi connectivity index (χ1n) is 8.87. The molecule has 4 aromatic rings. The molecule has 1 aliphatic heterocycles. The fraction of sp³-hybridized carbons (Fsp3) is 0.0909. The standard InChI is InChI=1S/C22H16ClN3O2/c1-13-17(23)7-4-8-20(13)26-21(27)15-5-2-3-6-16(15)22(26,28)14-9-10-18-19(11-14)25-12-24-18/h2-12,28H,1H3,(H,24,25). The molecule has 0 bridgehead atoms. The minimum Gasteiger partial charge on any atom is -0.363 e. The van der Waals surface area contributed by atoms with Crippen molar-refractivity contribution in [2.24, 2.45) is 0 Å². The van der Waals surface area contributed by atoms with Crippen LogP contribution >= 0.6 is 11.6 Å². The SMILES string of the molecule is Cc1c(Cl)cccc1N1C(=O)c2ccccc2C1(O)c1ccc2nc[nH]c2c1. The summed E-state index contributed by atoms with van der Waals surface area (Å²) in [5, 5.41) is 12.6. The Labute approximate surface area is 166 Å². The largest absolute Gasteiger partial charge is 0.363 e. The average molecular weight is 390 g/mol. The Hall–Kier alpha value is -3.15. The molecular weight excluding hydrogens is 374 g/mol. The van der Waals surface area contributed by atoms with Gasteiger partial charge < -0.3 is 10.1 Å². The Balaban J connectivity index is 1.82. The van der Waals surface area contributed by atoms with E-state index in [-0.39, 0.29) is 5.91 Å². The van der Waals surface area contributed by atoms with Gasteiger partial charge in [-0.2, -0.15) is 0 Å². The molecule has 0 radical (unpaired) electrons. The van der Waals surface area contributed by atoms with Crippen molar-refractivity contribution in [3.05, 3.63) is 94.3 Å². The highest BCUT2D eigenvalue weighted by atomic mass is 35.5. The summed E-state index contributed by atoms with van der Waals surface area (Å²) in [7, 11) is 0. The van der Waals surface area contributed by atoms with E-state index in [4.69, 9.17) is 11.6 Å². The first-order valence-corrected chi connectivity index (χ1v) is 9.25. The summed E-state index contributed by atoms with van der Waals surface area (Å²) in [6.07, 6.45) is 1.60. The number of aromatic nitrogens is 2. The van der Waals surface area contributed by atoms with E-state index in [1.165, 1.54) is 4.90 Å². The fourth-order valence-corrected chi connectivity index (χ4v) is 4.09. The summed E-state index contributed by atoms with van der Waals surface area (Å²) in [5.74, 6) is -0.270. The first-order chi connectivity index (χ1) is 13.5. The van der Waals surface area contributed by atoms with Gasteiger partial charge in [0.2, 0.25) is 0 Å². The maximum atomic E-state index is 13.4. The molecule has 1 amide bonds. The van der Waals surface area contributed by atoms with Crippen LogP contribution in [0.2, 0.25) is 5.02 Å². The molecule has 1 aromatic heterocycles. The molecule has 6 heteroatoms. The van der Waals surface area contributed by atoms with Gasteiger partial charge in [0, 0.05) is 21.7 Å². The number of carbonyl (C=O) groups is 1. The number of aromatic amines is 1. The van der Waals surface area contributed by atoms with Crippen molar-refractivity contribution in [3.63, 3.8) is 0 Å². The lowest BCUT2D eigenvalue weighted by molar-refractivity contribution is 0.0703. The van der Waals surface area contributed by atoms with Crippen molar-refractivity contribution >= 4 is 34.2 Å². The molecule has 28 heavy (non-hydrogen) atoms. The lowest BCUT2D eigenvalue weighted by Crippen LogP contribution is -2.45. The van der Waals surface area contributed by atoms with Crippen molar-refractivity contribution < 1.29 is 9.90 Å². The smallest absolute Gasteiger partial charge is 0.261 e. The maximum absolute atomic E-state index is 13.4. The maximum Gasteiger partial charge on any atom is 0.261 e. The molecule has 5 nitrogen and oxygen atoms in total. The molecule has 0 saturated carbocycles. The van der Waals surface area contributed by atoms with Crippen LogP contribution in [0.25, 0.3) is 11.0 Å². The molecule has 0 fully saturated rings. The van der Waals surface area contributed by atoms with E-state index in [0.717, 1.165) is 16.6 Å². The third kappa shape index (κ3) is 2.17. The number of carbonyl (C=O) groups excluding carboxylic acids is 1. The number of hydrogen-bond acceptors (Lipinski definition) is 3. The molecular formula is C22H16ClN3O2. The number of anilines is 1. The summed E-state index contributed by atoms with van der Waals surface area (Å²) < 4.78 is 0. The highest BCUT2D eigenvalue weighted by molar-refractivity contribution is 6.32. The van der Waals surface area contributed by atoms with Crippen LogP contribution in [0, 0.1) is 6.92 Å². The number of amides is 1. The van der Waals surface area contributed by atoms with Gasteiger partial charge in [-0.25, -0.2) is 4.98 Å². The van der Waals surface area contributed by atoms with Gasteiger partial charge in [-0.15, -0.1) is 0 Å². The van der Waals surface area contributed by atoms with Gasteiger partial charge >= 0.3 is 0 Å². The number of imidazole rings is 1. The van der Waals surface area contributed by atoms with Crippen LogP contribution in [0.1, 0.15) is 27.0 Å². The zero-order valence-electron chi connectivity index (χ0n) is 15.0. The number of aliphatic hydroxyl groups is 1. The monoisotopic (exact) mass is 389 g/mol. The summed E-state index contributed by atoms with van der Waals surface area (Å²) >= 11 is 6.32. The van der Waals surface area contributed by atoms with Crippen molar-refractivity contribution in [2.75, 3.05) is 4.90 Å². The van der Waals surface area contributed by atoms with E-state index in [0.29, 0.717) is 27.4 Å². The van der Waals surface area contributed by atoms with Crippen LogP contribution in [0.3, 0.4) is 0 Å². The fourth-order valence-electron chi connectivity index (χ4n) is 3.92. The number of hydrogen-bond donors (Lipinski definition) is 2. The van der Waals surface area contributed by atoms with E-state index in [1.807, 2.05) is 25.1 Å². The van der Waals surface area contributed by atoms with E-state index in [1.54, 1.807) is 48.8 Å². The van der Waals surface area contributed by atoms with Gasteiger partial charge in [-0.05, 0) is 42.8 Å². The molecule has 138 valence electrons. The molecule has 2 N–H and O–H groups in total. The predicted octanol–water partition coefficient (Wildman–Crippen LogP) is 4.38. The molecule has 1 atom stereocenters. The first kappa shape index (κ1) is 17.0. The van der Waals surface area contributed by atoms with Crippen molar-refractivity contribution in [3.8, 4) is 0 Å². The van der Waals surface area contributed by atoms with Crippen molar-refractivity contribution in [2.45, 2.75) is 12.6 Å². The number of benzene rings is 3.